The van der Waals surface area contributed by atoms with Gasteiger partial charge in [-0.25, -0.2) is 0 Å². The summed E-state index contributed by atoms with van der Waals surface area (Å²) in [4.78, 5) is 12.3. The first-order valence-electron chi connectivity index (χ1n) is 7.02. The van der Waals surface area contributed by atoms with Crippen molar-refractivity contribution in [2.24, 2.45) is 0 Å². The summed E-state index contributed by atoms with van der Waals surface area (Å²) >= 11 is 0. The Bertz CT molecular complexity index is 562. The predicted octanol–water partition coefficient (Wildman–Crippen LogP) is 2.10. The van der Waals surface area contributed by atoms with Crippen LogP contribution in [0, 0.1) is 0 Å². The van der Waals surface area contributed by atoms with Crippen LogP contribution in [0.3, 0.4) is 0 Å². The molecule has 6 nitrogen and oxygen atoms in total. The van der Waals surface area contributed by atoms with Crippen LogP contribution in [0.2, 0.25) is 0 Å². The Labute approximate surface area is 124 Å². The van der Waals surface area contributed by atoms with Crippen molar-refractivity contribution in [3.05, 3.63) is 42.1 Å². The van der Waals surface area contributed by atoms with Gasteiger partial charge in [0.1, 0.15) is 23.6 Å². The van der Waals surface area contributed by atoms with Gasteiger partial charge in [0.15, 0.2) is 0 Å². The number of aromatic nitrogens is 2. The first-order chi connectivity index (χ1) is 10.2. The van der Waals surface area contributed by atoms with Crippen molar-refractivity contribution < 1.29 is 13.9 Å². The van der Waals surface area contributed by atoms with E-state index in [0.717, 1.165) is 12.2 Å². The van der Waals surface area contributed by atoms with Gasteiger partial charge in [0.05, 0.1) is 6.61 Å². The minimum atomic E-state index is -0.389. The first kappa shape index (κ1) is 15.3. The molecular weight excluding hydrogens is 270 g/mol. The van der Waals surface area contributed by atoms with E-state index in [9.17, 15) is 4.79 Å². The molecule has 6 heteroatoms. The summed E-state index contributed by atoms with van der Waals surface area (Å²) in [5.74, 6) is 1.46. The lowest BCUT2D eigenvalue weighted by molar-refractivity contribution is -0.125. The van der Waals surface area contributed by atoms with E-state index >= 15 is 0 Å². The molecule has 0 aliphatic carbocycles. The smallest absolute Gasteiger partial charge is 0.245 e. The summed E-state index contributed by atoms with van der Waals surface area (Å²) in [5, 5.41) is 7.02. The van der Waals surface area contributed by atoms with Gasteiger partial charge in [-0.3, -0.25) is 9.48 Å². The van der Waals surface area contributed by atoms with Gasteiger partial charge in [-0.2, -0.15) is 5.10 Å². The Morgan fingerprint density at radius 2 is 2.33 bits per heavy atom. The van der Waals surface area contributed by atoms with Crippen molar-refractivity contribution >= 4 is 5.91 Å². The van der Waals surface area contributed by atoms with Gasteiger partial charge >= 0.3 is 0 Å². The van der Waals surface area contributed by atoms with Crippen LogP contribution in [-0.4, -0.2) is 29.4 Å². The maximum absolute atomic E-state index is 12.3. The van der Waals surface area contributed by atoms with Crippen LogP contribution in [0.1, 0.15) is 37.5 Å². The average molecular weight is 291 g/mol. The molecule has 0 radical (unpaired) electrons. The molecule has 2 aromatic rings. The number of methoxy groups -OCH3 is 1. The van der Waals surface area contributed by atoms with Crippen LogP contribution >= 0.6 is 0 Å². The Morgan fingerprint density at radius 1 is 1.52 bits per heavy atom. The van der Waals surface area contributed by atoms with Crippen LogP contribution in [0.4, 0.5) is 0 Å². The van der Waals surface area contributed by atoms with Crippen molar-refractivity contribution in [2.75, 3.05) is 13.7 Å². The fourth-order valence-corrected chi connectivity index (χ4v) is 2.06. The van der Waals surface area contributed by atoms with Crippen LogP contribution in [0.25, 0.3) is 0 Å². The predicted molar refractivity (Wildman–Crippen MR) is 77.8 cm³/mol. The van der Waals surface area contributed by atoms with Crippen molar-refractivity contribution in [3.63, 3.8) is 0 Å². The third-order valence-corrected chi connectivity index (χ3v) is 3.33. The lowest BCUT2D eigenvalue weighted by Crippen LogP contribution is -2.36. The van der Waals surface area contributed by atoms with Gasteiger partial charge < -0.3 is 14.5 Å². The highest BCUT2D eigenvalue weighted by atomic mass is 16.5. The molecule has 0 aliphatic heterocycles. The van der Waals surface area contributed by atoms with E-state index in [4.69, 9.17) is 9.15 Å². The Balaban J connectivity index is 2.07. The Hall–Kier alpha value is -2.08. The highest BCUT2D eigenvalue weighted by Crippen LogP contribution is 2.18. The molecule has 0 bridgehead atoms. The van der Waals surface area contributed by atoms with E-state index in [2.05, 4.69) is 10.4 Å². The highest BCUT2D eigenvalue weighted by molar-refractivity contribution is 5.80. The standard InChI is InChI=1S/C15H21N3O3/c1-4-12-6-7-14(21-12)13(10-20-3)17-15(19)11(2)18-9-5-8-16-18/h5-9,11,13H,4,10H2,1-3H3,(H,17,19). The molecular formula is C15H21N3O3. The monoisotopic (exact) mass is 291 g/mol. The number of nitrogens with zero attached hydrogens (tertiary/aromatic N) is 2. The largest absolute Gasteiger partial charge is 0.464 e. The number of hydrogen-bond acceptors (Lipinski definition) is 4. The molecule has 114 valence electrons. The molecule has 2 aromatic heterocycles. The van der Waals surface area contributed by atoms with E-state index in [0.29, 0.717) is 12.4 Å². The minimum absolute atomic E-state index is 0.129. The fourth-order valence-electron chi connectivity index (χ4n) is 2.06. The lowest BCUT2D eigenvalue weighted by Gasteiger charge is -2.19. The van der Waals surface area contributed by atoms with Crippen LogP contribution < -0.4 is 5.32 Å². The van der Waals surface area contributed by atoms with E-state index in [-0.39, 0.29) is 18.0 Å². The molecule has 2 atom stereocenters. The van der Waals surface area contributed by atoms with E-state index in [1.165, 1.54) is 0 Å². The summed E-state index contributed by atoms with van der Waals surface area (Å²) in [5.41, 5.74) is 0. The zero-order chi connectivity index (χ0) is 15.2. The molecule has 1 N–H and O–H groups in total. The number of carbonyl (C=O) groups is 1. The second kappa shape index (κ2) is 7.08. The van der Waals surface area contributed by atoms with Crippen LogP contribution in [0.15, 0.2) is 35.0 Å². The Morgan fingerprint density at radius 3 is 2.90 bits per heavy atom. The van der Waals surface area contributed by atoms with Crippen molar-refractivity contribution in [1.82, 2.24) is 15.1 Å². The zero-order valence-corrected chi connectivity index (χ0v) is 12.6. The van der Waals surface area contributed by atoms with Crippen LogP contribution in [-0.2, 0) is 16.0 Å². The van der Waals surface area contributed by atoms with Gasteiger partial charge in [-0.05, 0) is 25.1 Å². The fraction of sp³-hybridized carbons (Fsp3) is 0.467. The van der Waals surface area contributed by atoms with Crippen molar-refractivity contribution in [2.45, 2.75) is 32.4 Å². The average Bonchev–Trinajstić information content (AvgIpc) is 3.16. The number of nitrogens with one attached hydrogen (secondary N) is 1. The molecule has 0 aromatic carbocycles. The SMILES string of the molecule is CCc1ccc(C(COC)NC(=O)C(C)n2cccn2)o1. The van der Waals surface area contributed by atoms with Gasteiger partial charge in [0.2, 0.25) is 5.91 Å². The van der Waals surface area contributed by atoms with Crippen molar-refractivity contribution in [1.29, 1.82) is 0 Å². The number of hydrogen-bond donors (Lipinski definition) is 1. The summed E-state index contributed by atoms with van der Waals surface area (Å²) in [6.07, 6.45) is 4.23. The number of aryl methyl sites for hydroxylation is 1. The molecule has 0 spiro atoms. The van der Waals surface area contributed by atoms with E-state index in [1.54, 1.807) is 37.2 Å². The number of amides is 1. The van der Waals surface area contributed by atoms with Crippen LogP contribution in [0.5, 0.6) is 0 Å². The normalized spacial score (nSPS) is 13.9. The number of carbonyl (C=O) groups excluding carboxylic acids is 1. The summed E-state index contributed by atoms with van der Waals surface area (Å²) in [6.45, 7) is 4.17. The molecule has 2 heterocycles. The maximum Gasteiger partial charge on any atom is 0.245 e. The molecule has 2 unspecified atom stereocenters. The molecule has 0 fully saturated rings. The zero-order valence-electron chi connectivity index (χ0n) is 12.6. The second-order valence-corrected chi connectivity index (χ2v) is 4.84. The lowest BCUT2D eigenvalue weighted by atomic mass is 10.2. The van der Waals surface area contributed by atoms with Gasteiger partial charge in [-0.15, -0.1) is 0 Å². The summed E-state index contributed by atoms with van der Waals surface area (Å²) in [6, 6.07) is 4.89. The Kier molecular flexibility index (Phi) is 5.16. The summed E-state index contributed by atoms with van der Waals surface area (Å²) < 4.78 is 12.5. The molecule has 0 saturated carbocycles. The molecule has 0 saturated heterocycles. The quantitative estimate of drug-likeness (QED) is 0.848. The van der Waals surface area contributed by atoms with Crippen molar-refractivity contribution in [3.8, 4) is 0 Å². The number of ether oxygens (including phenoxy) is 1. The number of rotatable bonds is 7. The number of furan rings is 1. The van der Waals surface area contributed by atoms with Gasteiger partial charge in [0, 0.05) is 25.9 Å². The molecule has 1 amide bonds. The summed E-state index contributed by atoms with van der Waals surface area (Å²) in [7, 11) is 1.60. The van der Waals surface area contributed by atoms with Gasteiger partial charge in [-0.1, -0.05) is 6.92 Å². The maximum atomic E-state index is 12.3. The third kappa shape index (κ3) is 3.72. The second-order valence-electron chi connectivity index (χ2n) is 4.84. The van der Waals surface area contributed by atoms with Gasteiger partial charge in [0.25, 0.3) is 0 Å². The van der Waals surface area contributed by atoms with E-state index < -0.39 is 0 Å². The highest BCUT2D eigenvalue weighted by Gasteiger charge is 2.22. The third-order valence-electron chi connectivity index (χ3n) is 3.33. The first-order valence-corrected chi connectivity index (χ1v) is 7.02. The molecule has 0 aliphatic rings. The molecule has 2 rings (SSSR count). The van der Waals surface area contributed by atoms with E-state index in [1.807, 2.05) is 19.1 Å². The molecule has 21 heavy (non-hydrogen) atoms. The minimum Gasteiger partial charge on any atom is -0.464 e. The topological polar surface area (TPSA) is 69.3 Å².